The average molecular weight is 296 g/mol. The Bertz CT molecular complexity index is 390. The van der Waals surface area contributed by atoms with E-state index in [1.807, 2.05) is 27.7 Å². The lowest BCUT2D eigenvalue weighted by Gasteiger charge is -2.32. The summed E-state index contributed by atoms with van der Waals surface area (Å²) in [6.45, 7) is 10.5. The Kier molecular flexibility index (Phi) is 5.09. The minimum atomic E-state index is -0.525. The summed E-state index contributed by atoms with van der Waals surface area (Å²) in [6, 6.07) is 0. The molecule has 0 amide bonds. The highest BCUT2D eigenvalue weighted by atomic mass is 16.7. The highest BCUT2D eigenvalue weighted by Crippen LogP contribution is 2.38. The zero-order chi connectivity index (χ0) is 15.5. The van der Waals surface area contributed by atoms with Gasteiger partial charge in [-0.05, 0) is 33.9 Å². The normalized spacial score (nSPS) is 28.5. The van der Waals surface area contributed by atoms with E-state index in [0.29, 0.717) is 31.8 Å². The van der Waals surface area contributed by atoms with Gasteiger partial charge in [-0.2, -0.15) is 0 Å². The van der Waals surface area contributed by atoms with E-state index in [1.165, 1.54) is 6.21 Å². The topological polar surface area (TPSA) is 72.8 Å². The van der Waals surface area contributed by atoms with Gasteiger partial charge in [0.15, 0.2) is 0 Å². The maximum absolute atomic E-state index is 7.56. The van der Waals surface area contributed by atoms with Gasteiger partial charge in [0.1, 0.15) is 0 Å². The van der Waals surface area contributed by atoms with Crippen molar-refractivity contribution in [1.29, 1.82) is 5.41 Å². The van der Waals surface area contributed by atoms with E-state index in [9.17, 15) is 0 Å². The molecule has 0 radical (unpaired) electrons. The van der Waals surface area contributed by atoms with Crippen molar-refractivity contribution in [2.24, 2.45) is 0 Å². The first-order valence-electron chi connectivity index (χ1n) is 7.34. The molecule has 0 aromatic carbocycles. The standard InChI is InChI=1S/C14H25BN2O4/c1-13(2)14(3,4)21-15(20-13)11(7-16)8-17-9-12-10-18-5-6-19-12/h7-8,12,16-17H,5-6,9-10H2,1-4H3/b11-8+,16-7?/t12-/m0/s1. The minimum absolute atomic E-state index is 0.0419. The molecule has 2 fully saturated rings. The van der Waals surface area contributed by atoms with Gasteiger partial charge in [0, 0.05) is 18.2 Å². The molecule has 7 heteroatoms. The van der Waals surface area contributed by atoms with Crippen molar-refractivity contribution in [3.63, 3.8) is 0 Å². The highest BCUT2D eigenvalue weighted by Gasteiger charge is 2.52. The lowest BCUT2D eigenvalue weighted by Crippen LogP contribution is -2.41. The van der Waals surface area contributed by atoms with Gasteiger partial charge in [-0.25, -0.2) is 0 Å². The molecule has 2 N–H and O–H groups in total. The molecule has 2 saturated heterocycles. The lowest BCUT2D eigenvalue weighted by molar-refractivity contribution is -0.0854. The summed E-state index contributed by atoms with van der Waals surface area (Å²) < 4.78 is 22.7. The van der Waals surface area contributed by atoms with Crippen LogP contribution in [0.4, 0.5) is 0 Å². The van der Waals surface area contributed by atoms with Crippen LogP contribution in [-0.4, -0.2) is 57.0 Å². The maximum atomic E-state index is 7.56. The Morgan fingerprint density at radius 2 is 1.90 bits per heavy atom. The van der Waals surface area contributed by atoms with Gasteiger partial charge >= 0.3 is 7.12 Å². The molecule has 0 unspecified atom stereocenters. The molecule has 2 heterocycles. The summed E-state index contributed by atoms with van der Waals surface area (Å²) in [5.74, 6) is 0. The molecule has 0 spiro atoms. The van der Waals surface area contributed by atoms with E-state index in [1.54, 1.807) is 6.20 Å². The average Bonchev–Trinajstić information content (AvgIpc) is 2.64. The van der Waals surface area contributed by atoms with Crippen molar-refractivity contribution in [2.75, 3.05) is 26.4 Å². The molecule has 0 bridgehead atoms. The van der Waals surface area contributed by atoms with Crippen molar-refractivity contribution in [3.05, 3.63) is 11.7 Å². The molecule has 0 aromatic heterocycles. The second-order valence-electron chi connectivity index (χ2n) is 6.35. The summed E-state index contributed by atoms with van der Waals surface area (Å²) in [6.07, 6.45) is 3.06. The fraction of sp³-hybridized carbons (Fsp3) is 0.786. The van der Waals surface area contributed by atoms with Crippen LogP contribution < -0.4 is 5.32 Å². The minimum Gasteiger partial charge on any atom is -0.399 e. The van der Waals surface area contributed by atoms with E-state index >= 15 is 0 Å². The molecule has 21 heavy (non-hydrogen) atoms. The Hall–Kier alpha value is -0.885. The summed E-state index contributed by atoms with van der Waals surface area (Å²) in [7, 11) is -0.525. The van der Waals surface area contributed by atoms with Gasteiger partial charge in [0.25, 0.3) is 0 Å². The van der Waals surface area contributed by atoms with E-state index in [-0.39, 0.29) is 6.10 Å². The Morgan fingerprint density at radius 1 is 1.24 bits per heavy atom. The van der Waals surface area contributed by atoms with E-state index in [4.69, 9.17) is 24.2 Å². The third-order valence-electron chi connectivity index (χ3n) is 4.19. The summed E-state index contributed by atoms with van der Waals surface area (Å²) in [4.78, 5) is 0. The van der Waals surface area contributed by atoms with Gasteiger partial charge in [-0.15, -0.1) is 0 Å². The molecule has 2 aliphatic rings. The number of nitrogens with one attached hydrogen (secondary N) is 2. The van der Waals surface area contributed by atoms with Crippen molar-refractivity contribution in [3.8, 4) is 0 Å². The van der Waals surface area contributed by atoms with Crippen LogP contribution >= 0.6 is 0 Å². The van der Waals surface area contributed by atoms with Crippen molar-refractivity contribution < 1.29 is 18.8 Å². The predicted octanol–water partition coefficient (Wildman–Crippen LogP) is 1.16. The van der Waals surface area contributed by atoms with Gasteiger partial charge in [-0.1, -0.05) is 0 Å². The first-order valence-corrected chi connectivity index (χ1v) is 7.34. The second kappa shape index (κ2) is 6.48. The van der Waals surface area contributed by atoms with Crippen LogP contribution in [0, 0.1) is 5.41 Å². The molecular formula is C14H25BN2O4. The monoisotopic (exact) mass is 296 g/mol. The largest absolute Gasteiger partial charge is 0.497 e. The molecule has 0 aromatic rings. The van der Waals surface area contributed by atoms with Gasteiger partial charge in [0.2, 0.25) is 0 Å². The van der Waals surface area contributed by atoms with Crippen LogP contribution in [0.3, 0.4) is 0 Å². The molecule has 1 atom stereocenters. The molecule has 2 rings (SSSR count). The highest BCUT2D eigenvalue weighted by molar-refractivity contribution is 6.60. The predicted molar refractivity (Wildman–Crippen MR) is 81.5 cm³/mol. The second-order valence-corrected chi connectivity index (χ2v) is 6.35. The summed E-state index contributed by atoms with van der Waals surface area (Å²) in [5.41, 5.74) is -0.148. The fourth-order valence-electron chi connectivity index (χ4n) is 2.12. The third-order valence-corrected chi connectivity index (χ3v) is 4.19. The molecular weight excluding hydrogens is 271 g/mol. The molecule has 0 aliphatic carbocycles. The van der Waals surface area contributed by atoms with Gasteiger partial charge < -0.3 is 29.5 Å². The summed E-state index contributed by atoms with van der Waals surface area (Å²) in [5, 5.41) is 10.7. The van der Waals surface area contributed by atoms with Crippen LogP contribution in [0.25, 0.3) is 0 Å². The number of hydrogen-bond donors (Lipinski definition) is 2. The quantitative estimate of drug-likeness (QED) is 0.588. The van der Waals surface area contributed by atoms with Crippen molar-refractivity contribution >= 4 is 13.3 Å². The zero-order valence-corrected chi connectivity index (χ0v) is 13.3. The number of rotatable bonds is 5. The number of ether oxygens (including phenoxy) is 2. The SMILES string of the molecule is CC1(C)OB(/C(C=N)=C/NC[C@H]2COCCO2)OC1(C)C. The number of hydrogen-bond acceptors (Lipinski definition) is 6. The maximum Gasteiger partial charge on any atom is 0.497 e. The lowest BCUT2D eigenvalue weighted by atomic mass is 9.79. The van der Waals surface area contributed by atoms with Crippen molar-refractivity contribution in [1.82, 2.24) is 5.32 Å². The molecule has 0 saturated carbocycles. The van der Waals surface area contributed by atoms with E-state index in [0.717, 1.165) is 0 Å². The van der Waals surface area contributed by atoms with Crippen LogP contribution in [-0.2, 0) is 18.8 Å². The number of allylic oxidation sites excluding steroid dienone is 1. The Balaban J connectivity index is 1.90. The zero-order valence-electron chi connectivity index (χ0n) is 13.3. The molecule has 6 nitrogen and oxygen atoms in total. The van der Waals surface area contributed by atoms with E-state index in [2.05, 4.69) is 5.32 Å². The van der Waals surface area contributed by atoms with E-state index < -0.39 is 18.3 Å². The van der Waals surface area contributed by atoms with Crippen LogP contribution in [0.1, 0.15) is 27.7 Å². The third kappa shape index (κ3) is 3.85. The first kappa shape index (κ1) is 16.5. The van der Waals surface area contributed by atoms with Crippen LogP contribution in [0.15, 0.2) is 11.7 Å². The molecule has 118 valence electrons. The van der Waals surface area contributed by atoms with Gasteiger partial charge in [-0.3, -0.25) is 0 Å². The fourth-order valence-corrected chi connectivity index (χ4v) is 2.12. The molecule has 2 aliphatic heterocycles. The smallest absolute Gasteiger partial charge is 0.399 e. The Morgan fingerprint density at radius 3 is 2.43 bits per heavy atom. The first-order chi connectivity index (χ1) is 9.86. The van der Waals surface area contributed by atoms with Crippen molar-refractivity contribution in [2.45, 2.75) is 45.0 Å². The van der Waals surface area contributed by atoms with Gasteiger partial charge in [0.05, 0.1) is 37.1 Å². The Labute approximate surface area is 126 Å². The van der Waals surface area contributed by atoms with Crippen LogP contribution in [0.5, 0.6) is 0 Å². The van der Waals surface area contributed by atoms with Crippen LogP contribution in [0.2, 0.25) is 0 Å². The summed E-state index contributed by atoms with van der Waals surface area (Å²) >= 11 is 0.